The highest BCUT2D eigenvalue weighted by molar-refractivity contribution is 5.70. The number of nitrogen functional groups attached to an aromatic ring is 1. The first-order valence-electron chi connectivity index (χ1n) is 10.9. The van der Waals surface area contributed by atoms with E-state index in [2.05, 4.69) is 30.0 Å². The van der Waals surface area contributed by atoms with Crippen LogP contribution in [0.25, 0.3) is 0 Å². The first-order valence-corrected chi connectivity index (χ1v) is 10.9. The van der Waals surface area contributed by atoms with Crippen molar-refractivity contribution in [2.45, 2.75) is 50.5 Å². The van der Waals surface area contributed by atoms with Crippen molar-refractivity contribution in [3.8, 4) is 0 Å². The van der Waals surface area contributed by atoms with Gasteiger partial charge in [-0.15, -0.1) is 0 Å². The van der Waals surface area contributed by atoms with Gasteiger partial charge < -0.3 is 10.8 Å². The maximum atomic E-state index is 12.0. The van der Waals surface area contributed by atoms with E-state index in [1.807, 2.05) is 36.4 Å². The molecule has 4 heteroatoms. The summed E-state index contributed by atoms with van der Waals surface area (Å²) in [6, 6.07) is 18.9. The standard InChI is InChI=1S/C25H32N2O2/c1-18-23-11-6-12-25(18,21-9-5-10-22(26)16-21)13-14-27(23)17-20(24(28)29)15-19-7-3-2-4-8-19/h2-5,7-10,16,18,20,23H,6,11-15,17,26H2,1H3,(H,28,29)/t18-,20?,23?,25-/m0/s1. The number of anilines is 1. The molecule has 29 heavy (non-hydrogen) atoms. The molecule has 2 unspecified atom stereocenters. The van der Waals surface area contributed by atoms with Crippen LogP contribution in [0.2, 0.25) is 0 Å². The van der Waals surface area contributed by atoms with Gasteiger partial charge in [-0.25, -0.2) is 0 Å². The van der Waals surface area contributed by atoms with E-state index in [1.165, 1.54) is 18.4 Å². The average molecular weight is 393 g/mol. The van der Waals surface area contributed by atoms with Gasteiger partial charge in [0.15, 0.2) is 0 Å². The number of aliphatic carboxylic acids is 1. The SMILES string of the molecule is C[C@H]1C2CCC[C@]1(c1cccc(N)c1)CCN2CC(Cc1ccccc1)C(=O)O. The Kier molecular flexibility index (Phi) is 5.64. The summed E-state index contributed by atoms with van der Waals surface area (Å²) < 4.78 is 0. The van der Waals surface area contributed by atoms with Crippen LogP contribution in [-0.4, -0.2) is 35.1 Å². The van der Waals surface area contributed by atoms with E-state index in [0.717, 1.165) is 30.6 Å². The topological polar surface area (TPSA) is 66.6 Å². The second kappa shape index (κ2) is 8.19. The Balaban J connectivity index is 1.53. The van der Waals surface area contributed by atoms with Crippen LogP contribution in [0.1, 0.15) is 43.7 Å². The summed E-state index contributed by atoms with van der Waals surface area (Å²) in [4.78, 5) is 14.5. The third-order valence-electron chi connectivity index (χ3n) is 7.48. The first-order chi connectivity index (χ1) is 14.0. The zero-order valence-corrected chi connectivity index (χ0v) is 17.3. The average Bonchev–Trinajstić information content (AvgIpc) is 2.70. The van der Waals surface area contributed by atoms with Crippen LogP contribution < -0.4 is 5.73 Å². The Morgan fingerprint density at radius 2 is 2.00 bits per heavy atom. The molecule has 3 N–H and O–H groups in total. The molecule has 4 rings (SSSR count). The molecule has 2 aliphatic rings. The monoisotopic (exact) mass is 392 g/mol. The summed E-state index contributed by atoms with van der Waals surface area (Å²) >= 11 is 0. The van der Waals surface area contributed by atoms with E-state index in [0.29, 0.717) is 24.9 Å². The van der Waals surface area contributed by atoms with Crippen molar-refractivity contribution in [2.24, 2.45) is 11.8 Å². The van der Waals surface area contributed by atoms with Gasteiger partial charge in [-0.05, 0) is 61.4 Å². The number of carboxylic acids is 1. The molecule has 0 aromatic heterocycles. The smallest absolute Gasteiger partial charge is 0.308 e. The number of carbonyl (C=O) groups is 1. The van der Waals surface area contributed by atoms with E-state index in [9.17, 15) is 9.90 Å². The predicted molar refractivity (Wildman–Crippen MR) is 117 cm³/mol. The summed E-state index contributed by atoms with van der Waals surface area (Å²) in [6.45, 7) is 3.96. The zero-order chi connectivity index (χ0) is 20.4. The second-order valence-electron chi connectivity index (χ2n) is 9.00. The highest BCUT2D eigenvalue weighted by Gasteiger charge is 2.49. The number of piperidine rings is 1. The number of likely N-dealkylation sites (tertiary alicyclic amines) is 1. The van der Waals surface area contributed by atoms with Gasteiger partial charge in [-0.2, -0.15) is 0 Å². The predicted octanol–water partition coefficient (Wildman–Crippen LogP) is 4.34. The summed E-state index contributed by atoms with van der Waals surface area (Å²) in [5, 5.41) is 9.87. The van der Waals surface area contributed by atoms with Crippen LogP contribution in [0.3, 0.4) is 0 Å². The van der Waals surface area contributed by atoms with Crippen molar-refractivity contribution in [2.75, 3.05) is 18.8 Å². The summed E-state index contributed by atoms with van der Waals surface area (Å²) in [6.07, 6.45) is 5.22. The molecule has 1 saturated heterocycles. The maximum Gasteiger partial charge on any atom is 0.308 e. The lowest BCUT2D eigenvalue weighted by atomic mass is 9.57. The molecule has 154 valence electrons. The van der Waals surface area contributed by atoms with Gasteiger partial charge in [0.25, 0.3) is 0 Å². The van der Waals surface area contributed by atoms with Crippen molar-refractivity contribution < 1.29 is 9.90 Å². The van der Waals surface area contributed by atoms with Crippen molar-refractivity contribution in [3.05, 3.63) is 65.7 Å². The zero-order valence-electron chi connectivity index (χ0n) is 17.3. The van der Waals surface area contributed by atoms with E-state index < -0.39 is 5.97 Å². The molecule has 2 bridgehead atoms. The first kappa shape index (κ1) is 20.0. The van der Waals surface area contributed by atoms with Gasteiger partial charge >= 0.3 is 5.97 Å². The summed E-state index contributed by atoms with van der Waals surface area (Å²) in [5.74, 6) is -0.561. The lowest BCUT2D eigenvalue weighted by molar-refractivity contribution is -0.143. The number of rotatable bonds is 6. The third-order valence-corrected chi connectivity index (χ3v) is 7.48. The molecule has 0 radical (unpaired) electrons. The fourth-order valence-corrected chi connectivity index (χ4v) is 5.87. The van der Waals surface area contributed by atoms with Crippen molar-refractivity contribution in [1.29, 1.82) is 0 Å². The molecule has 1 heterocycles. The maximum absolute atomic E-state index is 12.0. The van der Waals surface area contributed by atoms with Crippen LogP contribution >= 0.6 is 0 Å². The highest BCUT2D eigenvalue weighted by atomic mass is 16.4. The van der Waals surface area contributed by atoms with Crippen LogP contribution in [0.15, 0.2) is 54.6 Å². The van der Waals surface area contributed by atoms with Crippen LogP contribution in [0.5, 0.6) is 0 Å². The Hall–Kier alpha value is -2.33. The number of carboxylic acid groups (broad SMARTS) is 1. The minimum atomic E-state index is -0.690. The van der Waals surface area contributed by atoms with Crippen LogP contribution in [0, 0.1) is 11.8 Å². The molecule has 2 fully saturated rings. The molecule has 4 nitrogen and oxygen atoms in total. The number of hydrogen-bond donors (Lipinski definition) is 2. The molecule has 2 aromatic carbocycles. The van der Waals surface area contributed by atoms with Crippen molar-refractivity contribution in [1.82, 2.24) is 4.90 Å². The van der Waals surface area contributed by atoms with Crippen molar-refractivity contribution in [3.63, 3.8) is 0 Å². The summed E-state index contributed by atoms with van der Waals surface area (Å²) in [5.41, 5.74) is 9.58. The fourth-order valence-electron chi connectivity index (χ4n) is 5.87. The second-order valence-corrected chi connectivity index (χ2v) is 9.00. The molecular formula is C25H32N2O2. The Bertz CT molecular complexity index is 853. The van der Waals surface area contributed by atoms with Gasteiger partial charge in [0, 0.05) is 23.7 Å². The number of hydrogen-bond acceptors (Lipinski definition) is 3. The van der Waals surface area contributed by atoms with E-state index in [-0.39, 0.29) is 11.3 Å². The third kappa shape index (κ3) is 3.91. The molecule has 4 atom stereocenters. The molecule has 0 amide bonds. The summed E-state index contributed by atoms with van der Waals surface area (Å²) in [7, 11) is 0. The molecule has 0 spiro atoms. The quantitative estimate of drug-likeness (QED) is 0.718. The van der Waals surface area contributed by atoms with Crippen molar-refractivity contribution >= 4 is 11.7 Å². The molecule has 1 aliphatic heterocycles. The normalized spacial score (nSPS) is 28.0. The van der Waals surface area contributed by atoms with E-state index in [1.54, 1.807) is 0 Å². The minimum absolute atomic E-state index is 0.174. The number of benzene rings is 2. The Morgan fingerprint density at radius 3 is 2.72 bits per heavy atom. The minimum Gasteiger partial charge on any atom is -0.481 e. The fraction of sp³-hybridized carbons (Fsp3) is 0.480. The van der Waals surface area contributed by atoms with Gasteiger partial charge in [0.2, 0.25) is 0 Å². The molecule has 1 saturated carbocycles. The van der Waals surface area contributed by atoms with Gasteiger partial charge in [0.05, 0.1) is 5.92 Å². The molecular weight excluding hydrogens is 360 g/mol. The number of nitrogens with two attached hydrogens (primary N) is 1. The Morgan fingerprint density at radius 1 is 1.21 bits per heavy atom. The highest BCUT2D eigenvalue weighted by Crippen LogP contribution is 2.51. The van der Waals surface area contributed by atoms with Gasteiger partial charge in [0.1, 0.15) is 0 Å². The largest absolute Gasteiger partial charge is 0.481 e. The van der Waals surface area contributed by atoms with Gasteiger partial charge in [-0.1, -0.05) is 55.8 Å². The lowest BCUT2D eigenvalue weighted by Gasteiger charge is -2.56. The van der Waals surface area contributed by atoms with Crippen LogP contribution in [-0.2, 0) is 16.6 Å². The van der Waals surface area contributed by atoms with E-state index >= 15 is 0 Å². The van der Waals surface area contributed by atoms with E-state index in [4.69, 9.17) is 5.73 Å². The van der Waals surface area contributed by atoms with Crippen LogP contribution in [0.4, 0.5) is 5.69 Å². The molecule has 2 aromatic rings. The number of fused-ring (bicyclic) bond motifs is 2. The number of nitrogens with zero attached hydrogens (tertiary/aromatic N) is 1. The van der Waals surface area contributed by atoms with Gasteiger partial charge in [-0.3, -0.25) is 9.69 Å². The lowest BCUT2D eigenvalue weighted by Crippen LogP contribution is -2.58. The Labute approximate surface area is 173 Å². The molecule has 1 aliphatic carbocycles.